The molecule has 18 heavy (non-hydrogen) atoms. The summed E-state index contributed by atoms with van der Waals surface area (Å²) in [5.41, 5.74) is 0. The first-order valence-electron chi connectivity index (χ1n) is 6.08. The Morgan fingerprint density at radius 3 is 2.89 bits per heavy atom. The summed E-state index contributed by atoms with van der Waals surface area (Å²) in [5.74, 6) is -0.918. The average molecular weight is 270 g/mol. The second kappa shape index (κ2) is 7.81. The molecule has 1 amide bonds. The number of thiazole rings is 1. The van der Waals surface area contributed by atoms with Gasteiger partial charge in [-0.25, -0.2) is 4.98 Å². The zero-order valence-electron chi connectivity index (χ0n) is 10.4. The van der Waals surface area contributed by atoms with Gasteiger partial charge in [0, 0.05) is 13.0 Å². The molecule has 0 aliphatic carbocycles. The molecule has 100 valence electrons. The summed E-state index contributed by atoms with van der Waals surface area (Å²) in [5, 5.41) is 12.2. The van der Waals surface area contributed by atoms with Crippen LogP contribution in [0.15, 0.2) is 6.20 Å². The van der Waals surface area contributed by atoms with Crippen molar-refractivity contribution in [2.45, 2.75) is 39.0 Å². The Morgan fingerprint density at radius 1 is 1.44 bits per heavy atom. The predicted molar refractivity (Wildman–Crippen MR) is 69.9 cm³/mol. The Morgan fingerprint density at radius 2 is 2.22 bits per heavy atom. The Hall–Kier alpha value is -1.43. The maximum absolute atomic E-state index is 11.7. The first kappa shape index (κ1) is 14.6. The number of carbonyl (C=O) groups excluding carboxylic acids is 1. The van der Waals surface area contributed by atoms with Gasteiger partial charge < -0.3 is 10.4 Å². The third-order valence-electron chi connectivity index (χ3n) is 2.34. The van der Waals surface area contributed by atoms with Crippen LogP contribution in [0.5, 0.6) is 0 Å². The zero-order valence-corrected chi connectivity index (χ0v) is 11.3. The van der Waals surface area contributed by atoms with Crippen molar-refractivity contribution in [3.63, 3.8) is 0 Å². The van der Waals surface area contributed by atoms with Crippen molar-refractivity contribution in [3.05, 3.63) is 16.1 Å². The van der Waals surface area contributed by atoms with Crippen molar-refractivity contribution in [2.24, 2.45) is 0 Å². The Kier molecular flexibility index (Phi) is 6.35. The van der Waals surface area contributed by atoms with Crippen LogP contribution in [0.1, 0.15) is 47.3 Å². The van der Waals surface area contributed by atoms with Gasteiger partial charge in [0.2, 0.25) is 0 Å². The van der Waals surface area contributed by atoms with Gasteiger partial charge >= 0.3 is 5.97 Å². The zero-order chi connectivity index (χ0) is 13.4. The smallest absolute Gasteiger partial charge is 0.303 e. The third-order valence-corrected chi connectivity index (χ3v) is 3.40. The van der Waals surface area contributed by atoms with Crippen molar-refractivity contribution in [3.8, 4) is 0 Å². The van der Waals surface area contributed by atoms with Gasteiger partial charge in [0.15, 0.2) is 0 Å². The van der Waals surface area contributed by atoms with E-state index >= 15 is 0 Å². The van der Waals surface area contributed by atoms with E-state index in [1.807, 2.05) is 0 Å². The van der Waals surface area contributed by atoms with Gasteiger partial charge in [-0.15, -0.1) is 11.3 Å². The molecule has 1 aromatic heterocycles. The van der Waals surface area contributed by atoms with Crippen LogP contribution in [0.3, 0.4) is 0 Å². The van der Waals surface area contributed by atoms with E-state index in [9.17, 15) is 9.59 Å². The van der Waals surface area contributed by atoms with Gasteiger partial charge in [0.05, 0.1) is 11.2 Å². The summed E-state index contributed by atoms with van der Waals surface area (Å²) in [6.45, 7) is 2.58. The third kappa shape index (κ3) is 5.27. The summed E-state index contributed by atoms with van der Waals surface area (Å²) >= 11 is 1.42. The fourth-order valence-corrected chi connectivity index (χ4v) is 2.37. The molecule has 0 saturated carbocycles. The molecule has 0 spiro atoms. The molecule has 0 fully saturated rings. The van der Waals surface area contributed by atoms with Crippen molar-refractivity contribution in [1.82, 2.24) is 10.3 Å². The molecular weight excluding hydrogens is 252 g/mol. The molecule has 0 bridgehead atoms. The lowest BCUT2D eigenvalue weighted by molar-refractivity contribution is -0.137. The van der Waals surface area contributed by atoms with Crippen LogP contribution < -0.4 is 5.32 Å². The fraction of sp³-hybridized carbons (Fsp3) is 0.583. The topological polar surface area (TPSA) is 79.3 Å². The van der Waals surface area contributed by atoms with Gasteiger partial charge in [-0.3, -0.25) is 9.59 Å². The van der Waals surface area contributed by atoms with Gasteiger partial charge in [-0.1, -0.05) is 6.92 Å². The number of aryl methyl sites for hydroxylation is 1. The quantitative estimate of drug-likeness (QED) is 0.709. The monoisotopic (exact) mass is 270 g/mol. The summed E-state index contributed by atoms with van der Waals surface area (Å²) in [7, 11) is 0. The van der Waals surface area contributed by atoms with Crippen LogP contribution in [0.25, 0.3) is 0 Å². The van der Waals surface area contributed by atoms with Crippen molar-refractivity contribution < 1.29 is 14.7 Å². The van der Waals surface area contributed by atoms with E-state index in [-0.39, 0.29) is 12.3 Å². The first-order valence-corrected chi connectivity index (χ1v) is 6.89. The highest BCUT2D eigenvalue weighted by Crippen LogP contribution is 2.14. The van der Waals surface area contributed by atoms with Gasteiger partial charge in [-0.05, 0) is 25.7 Å². The largest absolute Gasteiger partial charge is 0.481 e. The summed E-state index contributed by atoms with van der Waals surface area (Å²) in [6, 6.07) is 0. The van der Waals surface area contributed by atoms with E-state index in [1.165, 1.54) is 11.3 Å². The molecule has 0 radical (unpaired) electrons. The van der Waals surface area contributed by atoms with Crippen molar-refractivity contribution in [2.75, 3.05) is 6.54 Å². The second-order valence-electron chi connectivity index (χ2n) is 3.97. The van der Waals surface area contributed by atoms with Crippen LogP contribution in [0.2, 0.25) is 0 Å². The lowest BCUT2D eigenvalue weighted by Gasteiger charge is -2.01. The molecule has 0 aliphatic heterocycles. The van der Waals surface area contributed by atoms with Crippen LogP contribution >= 0.6 is 11.3 Å². The number of carboxylic acid groups (broad SMARTS) is 1. The molecular formula is C12H18N2O3S. The number of hydrogen-bond donors (Lipinski definition) is 2. The van der Waals surface area contributed by atoms with Gasteiger partial charge in [0.1, 0.15) is 4.88 Å². The molecule has 1 heterocycles. The minimum absolute atomic E-state index is 0.120. The van der Waals surface area contributed by atoms with E-state index in [0.29, 0.717) is 24.3 Å². The molecule has 0 saturated heterocycles. The SMILES string of the molecule is CCCc1ncc(C(=O)NCCCCC(=O)O)s1. The number of rotatable bonds is 8. The molecule has 0 atom stereocenters. The van der Waals surface area contributed by atoms with Crippen molar-refractivity contribution >= 4 is 23.2 Å². The number of aliphatic carboxylic acids is 1. The Labute approximate surface area is 110 Å². The number of nitrogens with one attached hydrogen (secondary N) is 1. The predicted octanol–water partition coefficient (Wildman–Crippen LogP) is 2.08. The maximum Gasteiger partial charge on any atom is 0.303 e. The average Bonchev–Trinajstić information content (AvgIpc) is 2.77. The summed E-state index contributed by atoms with van der Waals surface area (Å²) in [4.78, 5) is 26.8. The number of aromatic nitrogens is 1. The van der Waals surface area contributed by atoms with Crippen LogP contribution in [0.4, 0.5) is 0 Å². The lowest BCUT2D eigenvalue weighted by atomic mass is 10.2. The summed E-state index contributed by atoms with van der Waals surface area (Å²) < 4.78 is 0. The highest BCUT2D eigenvalue weighted by Gasteiger charge is 2.09. The minimum atomic E-state index is -0.798. The highest BCUT2D eigenvalue weighted by atomic mass is 32.1. The lowest BCUT2D eigenvalue weighted by Crippen LogP contribution is -2.23. The molecule has 6 heteroatoms. The maximum atomic E-state index is 11.7. The highest BCUT2D eigenvalue weighted by molar-refractivity contribution is 7.13. The van der Waals surface area contributed by atoms with Gasteiger partial charge in [-0.2, -0.15) is 0 Å². The van der Waals surface area contributed by atoms with Crippen LogP contribution in [-0.2, 0) is 11.2 Å². The molecule has 0 aliphatic rings. The van der Waals surface area contributed by atoms with Gasteiger partial charge in [0.25, 0.3) is 5.91 Å². The van der Waals surface area contributed by atoms with Crippen LogP contribution in [-0.4, -0.2) is 28.5 Å². The Balaban J connectivity index is 2.25. The molecule has 2 N–H and O–H groups in total. The minimum Gasteiger partial charge on any atom is -0.481 e. The molecule has 5 nitrogen and oxygen atoms in total. The summed E-state index contributed by atoms with van der Waals surface area (Å²) in [6.07, 6.45) is 4.93. The number of nitrogens with zero attached hydrogens (tertiary/aromatic N) is 1. The number of amides is 1. The first-order chi connectivity index (χ1) is 8.63. The number of carbonyl (C=O) groups is 2. The molecule has 1 rings (SSSR count). The normalized spacial score (nSPS) is 10.3. The van der Waals surface area contributed by atoms with Crippen molar-refractivity contribution in [1.29, 1.82) is 0 Å². The number of unbranched alkanes of at least 4 members (excludes halogenated alkanes) is 1. The number of hydrogen-bond acceptors (Lipinski definition) is 4. The Bertz CT molecular complexity index is 404. The van der Waals surface area contributed by atoms with E-state index < -0.39 is 5.97 Å². The van der Waals surface area contributed by atoms with E-state index in [4.69, 9.17) is 5.11 Å². The second-order valence-corrected chi connectivity index (χ2v) is 5.09. The molecule has 0 unspecified atom stereocenters. The standard InChI is InChI=1S/C12H18N2O3S/c1-2-5-10-14-8-9(18-10)12(17)13-7-4-3-6-11(15)16/h8H,2-7H2,1H3,(H,13,17)(H,15,16). The fourth-order valence-electron chi connectivity index (χ4n) is 1.43. The molecule has 0 aromatic carbocycles. The molecule has 1 aromatic rings. The van der Waals surface area contributed by atoms with E-state index in [2.05, 4.69) is 17.2 Å². The number of carboxylic acids is 1. The van der Waals surface area contributed by atoms with Crippen LogP contribution in [0, 0.1) is 0 Å². The van der Waals surface area contributed by atoms with E-state index in [0.717, 1.165) is 17.8 Å². The van der Waals surface area contributed by atoms with E-state index in [1.54, 1.807) is 6.20 Å².